The van der Waals surface area contributed by atoms with Crippen LogP contribution in [-0.4, -0.2) is 45.7 Å². The Morgan fingerprint density at radius 1 is 1.17 bits per heavy atom. The number of amides is 1. The van der Waals surface area contributed by atoms with Crippen molar-refractivity contribution in [2.75, 3.05) is 13.1 Å². The van der Waals surface area contributed by atoms with Crippen LogP contribution in [0.5, 0.6) is 0 Å². The normalized spacial score (nSPS) is 24.2. The molecule has 2 rings (SSSR count). The van der Waals surface area contributed by atoms with Gasteiger partial charge in [-0.1, -0.05) is 0 Å². The van der Waals surface area contributed by atoms with Crippen molar-refractivity contribution in [2.24, 2.45) is 5.92 Å². The van der Waals surface area contributed by atoms with Gasteiger partial charge in [0.25, 0.3) is 5.91 Å². The van der Waals surface area contributed by atoms with Crippen molar-refractivity contribution in [1.29, 1.82) is 0 Å². The van der Waals surface area contributed by atoms with Gasteiger partial charge in [-0.3, -0.25) is 9.59 Å². The first-order chi connectivity index (χ1) is 8.51. The first kappa shape index (κ1) is 13.3. The van der Waals surface area contributed by atoms with Gasteiger partial charge in [0.15, 0.2) is 0 Å². The van der Waals surface area contributed by atoms with Gasteiger partial charge in [-0.2, -0.15) is 0 Å². The Kier molecular flexibility index (Phi) is 3.90. The summed E-state index contributed by atoms with van der Waals surface area (Å²) < 4.78 is 0. The lowest BCUT2D eigenvalue weighted by Crippen LogP contribution is -2.50. The monoisotopic (exact) mass is 255 g/mol. The van der Waals surface area contributed by atoms with Crippen molar-refractivity contribution in [3.63, 3.8) is 0 Å². The van der Waals surface area contributed by atoms with Crippen molar-refractivity contribution in [1.82, 2.24) is 4.90 Å². The van der Waals surface area contributed by atoms with Crippen LogP contribution in [0.3, 0.4) is 0 Å². The highest BCUT2D eigenvalue weighted by molar-refractivity contribution is 5.85. The molecule has 2 N–H and O–H groups in total. The maximum absolute atomic E-state index is 12.2. The number of likely N-dealkylation sites (tertiary alicyclic amines) is 1. The molecule has 0 aromatic carbocycles. The number of hydrogen-bond donors (Lipinski definition) is 2. The second kappa shape index (κ2) is 5.26. The molecule has 1 aliphatic heterocycles. The largest absolute Gasteiger partial charge is 0.481 e. The van der Waals surface area contributed by atoms with E-state index in [1.807, 2.05) is 0 Å². The van der Waals surface area contributed by atoms with E-state index >= 15 is 0 Å². The Morgan fingerprint density at radius 2 is 1.72 bits per heavy atom. The summed E-state index contributed by atoms with van der Waals surface area (Å²) in [6.45, 7) is 1.16. The molecule has 2 fully saturated rings. The van der Waals surface area contributed by atoms with Crippen molar-refractivity contribution < 1.29 is 19.8 Å². The topological polar surface area (TPSA) is 77.8 Å². The number of rotatable bonds is 3. The third kappa shape index (κ3) is 2.83. The maximum Gasteiger partial charge on any atom is 0.303 e. The number of carbonyl (C=O) groups is 2. The third-order valence-corrected chi connectivity index (χ3v) is 4.19. The van der Waals surface area contributed by atoms with Crippen LogP contribution < -0.4 is 0 Å². The summed E-state index contributed by atoms with van der Waals surface area (Å²) in [5, 5.41) is 19.0. The Labute approximate surface area is 107 Å². The van der Waals surface area contributed by atoms with Crippen LogP contribution in [0.4, 0.5) is 0 Å². The van der Waals surface area contributed by atoms with Crippen LogP contribution in [0, 0.1) is 5.92 Å². The van der Waals surface area contributed by atoms with E-state index in [4.69, 9.17) is 5.11 Å². The number of hydrogen-bond acceptors (Lipinski definition) is 3. The minimum atomic E-state index is -1.14. The molecular weight excluding hydrogens is 234 g/mol. The summed E-state index contributed by atoms with van der Waals surface area (Å²) in [6.07, 6.45) is 4.62. The molecule has 0 atom stereocenters. The quantitative estimate of drug-likeness (QED) is 0.788. The first-order valence-electron chi connectivity index (χ1n) is 6.75. The summed E-state index contributed by atoms with van der Waals surface area (Å²) in [4.78, 5) is 24.5. The van der Waals surface area contributed by atoms with Crippen LogP contribution in [0.2, 0.25) is 0 Å². The molecule has 1 heterocycles. The molecule has 0 bridgehead atoms. The molecule has 2 aliphatic rings. The zero-order valence-corrected chi connectivity index (χ0v) is 10.6. The zero-order chi connectivity index (χ0) is 13.2. The summed E-state index contributed by atoms with van der Waals surface area (Å²) in [5.41, 5.74) is -1.14. The van der Waals surface area contributed by atoms with E-state index in [1.165, 1.54) is 0 Å². The average molecular weight is 255 g/mol. The van der Waals surface area contributed by atoms with Gasteiger partial charge in [-0.15, -0.1) is 0 Å². The van der Waals surface area contributed by atoms with Crippen molar-refractivity contribution in [3.05, 3.63) is 0 Å². The zero-order valence-electron chi connectivity index (χ0n) is 10.6. The van der Waals surface area contributed by atoms with E-state index in [-0.39, 0.29) is 18.2 Å². The molecule has 0 radical (unpaired) electrons. The van der Waals surface area contributed by atoms with Crippen molar-refractivity contribution in [3.8, 4) is 0 Å². The molecule has 0 aromatic heterocycles. The van der Waals surface area contributed by atoms with E-state index in [2.05, 4.69) is 0 Å². The number of aliphatic hydroxyl groups is 1. The van der Waals surface area contributed by atoms with Gasteiger partial charge in [0.05, 0.1) is 0 Å². The van der Waals surface area contributed by atoms with E-state index < -0.39 is 11.6 Å². The van der Waals surface area contributed by atoms with Crippen molar-refractivity contribution in [2.45, 2.75) is 50.5 Å². The fraction of sp³-hybridized carbons (Fsp3) is 0.846. The molecule has 1 aliphatic carbocycles. The van der Waals surface area contributed by atoms with Gasteiger partial charge < -0.3 is 15.1 Å². The molecule has 0 unspecified atom stereocenters. The van der Waals surface area contributed by atoms with Crippen LogP contribution in [0.15, 0.2) is 0 Å². The highest BCUT2D eigenvalue weighted by atomic mass is 16.4. The van der Waals surface area contributed by atoms with Crippen LogP contribution >= 0.6 is 0 Å². The van der Waals surface area contributed by atoms with Gasteiger partial charge in [-0.05, 0) is 44.4 Å². The minimum absolute atomic E-state index is 0.145. The lowest BCUT2D eigenvalue weighted by atomic mass is 9.91. The Hall–Kier alpha value is -1.10. The predicted molar refractivity (Wildman–Crippen MR) is 65.0 cm³/mol. The van der Waals surface area contributed by atoms with E-state index in [9.17, 15) is 14.7 Å². The number of carboxylic acids is 1. The van der Waals surface area contributed by atoms with Gasteiger partial charge in [-0.25, -0.2) is 0 Å². The minimum Gasteiger partial charge on any atom is -0.481 e. The van der Waals surface area contributed by atoms with E-state index in [1.54, 1.807) is 4.90 Å². The van der Waals surface area contributed by atoms with Crippen molar-refractivity contribution >= 4 is 11.9 Å². The number of aliphatic carboxylic acids is 1. The lowest BCUT2D eigenvalue weighted by molar-refractivity contribution is -0.152. The van der Waals surface area contributed by atoms with E-state index in [0.29, 0.717) is 25.9 Å². The fourth-order valence-electron chi connectivity index (χ4n) is 3.06. The molecule has 5 heteroatoms. The Morgan fingerprint density at radius 3 is 2.22 bits per heavy atom. The third-order valence-electron chi connectivity index (χ3n) is 4.19. The molecule has 0 aromatic rings. The predicted octanol–water partition coefficient (Wildman–Crippen LogP) is 1.00. The fourth-order valence-corrected chi connectivity index (χ4v) is 3.06. The second-order valence-electron chi connectivity index (χ2n) is 5.57. The molecule has 1 amide bonds. The standard InChI is InChI=1S/C13H21NO4/c15-11(16)9-10-3-7-14(8-4-10)12(17)13(18)5-1-2-6-13/h10,18H,1-9H2,(H,15,16). The summed E-state index contributed by atoms with van der Waals surface area (Å²) >= 11 is 0. The van der Waals surface area contributed by atoms with Gasteiger partial charge in [0.1, 0.15) is 5.60 Å². The van der Waals surface area contributed by atoms with Crippen LogP contribution in [0.1, 0.15) is 44.9 Å². The lowest BCUT2D eigenvalue weighted by Gasteiger charge is -2.35. The molecule has 102 valence electrons. The molecular formula is C13H21NO4. The second-order valence-corrected chi connectivity index (χ2v) is 5.57. The maximum atomic E-state index is 12.2. The van der Waals surface area contributed by atoms with Gasteiger partial charge in [0, 0.05) is 19.5 Å². The van der Waals surface area contributed by atoms with Gasteiger partial charge >= 0.3 is 5.97 Å². The molecule has 1 saturated carbocycles. The molecule has 1 saturated heterocycles. The van der Waals surface area contributed by atoms with Crippen LogP contribution in [-0.2, 0) is 9.59 Å². The molecule has 0 spiro atoms. The summed E-state index contributed by atoms with van der Waals surface area (Å²) in [5.74, 6) is -0.743. The molecule has 18 heavy (non-hydrogen) atoms. The highest BCUT2D eigenvalue weighted by Gasteiger charge is 2.42. The molecule has 5 nitrogen and oxygen atoms in total. The van der Waals surface area contributed by atoms with E-state index in [0.717, 1.165) is 25.7 Å². The number of carboxylic acid groups (broad SMARTS) is 1. The smallest absolute Gasteiger partial charge is 0.303 e. The average Bonchev–Trinajstić information content (AvgIpc) is 2.77. The number of piperidine rings is 1. The first-order valence-corrected chi connectivity index (χ1v) is 6.75. The SMILES string of the molecule is O=C(O)CC1CCN(C(=O)C2(O)CCCC2)CC1. The Balaban J connectivity index is 1.86. The number of carbonyl (C=O) groups excluding carboxylic acids is 1. The van der Waals surface area contributed by atoms with Gasteiger partial charge in [0.2, 0.25) is 0 Å². The van der Waals surface area contributed by atoms with Crippen LogP contribution in [0.25, 0.3) is 0 Å². The summed E-state index contributed by atoms with van der Waals surface area (Å²) in [6, 6.07) is 0. The Bertz CT molecular complexity index is 328. The number of nitrogens with zero attached hydrogens (tertiary/aromatic N) is 1. The summed E-state index contributed by atoms with van der Waals surface area (Å²) in [7, 11) is 0. The highest BCUT2D eigenvalue weighted by Crippen LogP contribution is 2.32.